The van der Waals surface area contributed by atoms with Gasteiger partial charge in [0, 0.05) is 31.4 Å². The highest BCUT2D eigenvalue weighted by Crippen LogP contribution is 2.20. The van der Waals surface area contributed by atoms with Crippen molar-refractivity contribution in [3.05, 3.63) is 29.8 Å². The molecule has 1 aliphatic heterocycles. The molecule has 1 heterocycles. The summed E-state index contributed by atoms with van der Waals surface area (Å²) in [5.41, 5.74) is 7.53. The van der Waals surface area contributed by atoms with Crippen molar-refractivity contribution in [1.29, 1.82) is 5.26 Å². The first-order chi connectivity index (χ1) is 8.74. The van der Waals surface area contributed by atoms with Crippen molar-refractivity contribution in [3.8, 4) is 6.07 Å². The molecule has 1 saturated heterocycles. The molecule has 0 spiro atoms. The molecule has 1 aromatic rings. The van der Waals surface area contributed by atoms with Crippen molar-refractivity contribution < 1.29 is 0 Å². The van der Waals surface area contributed by atoms with Gasteiger partial charge in [0.15, 0.2) is 0 Å². The second-order valence-electron chi connectivity index (χ2n) is 4.82. The average Bonchev–Trinajstić information content (AvgIpc) is 2.41. The van der Waals surface area contributed by atoms with Gasteiger partial charge in [-0.1, -0.05) is 6.07 Å². The second kappa shape index (κ2) is 5.85. The van der Waals surface area contributed by atoms with Crippen LogP contribution in [-0.2, 0) is 0 Å². The molecular weight excluding hydrogens is 224 g/mol. The van der Waals surface area contributed by atoms with Crippen LogP contribution in [0.3, 0.4) is 0 Å². The Morgan fingerprint density at radius 3 is 3.00 bits per heavy atom. The van der Waals surface area contributed by atoms with Crippen LogP contribution in [0, 0.1) is 11.3 Å². The number of nitrogens with two attached hydrogens (primary N) is 1. The summed E-state index contributed by atoms with van der Waals surface area (Å²) in [4.78, 5) is 4.72. The number of rotatable bonds is 3. The lowest BCUT2D eigenvalue weighted by Crippen LogP contribution is -2.52. The summed E-state index contributed by atoms with van der Waals surface area (Å²) in [6.45, 7) is 3.76. The summed E-state index contributed by atoms with van der Waals surface area (Å²) in [5.74, 6) is 0. The van der Waals surface area contributed by atoms with Crippen molar-refractivity contribution >= 4 is 5.69 Å². The van der Waals surface area contributed by atoms with E-state index in [0.29, 0.717) is 6.04 Å². The van der Waals surface area contributed by atoms with E-state index >= 15 is 0 Å². The number of nitrogens with zero attached hydrogens (tertiary/aromatic N) is 3. The van der Waals surface area contributed by atoms with Gasteiger partial charge in [-0.15, -0.1) is 0 Å². The lowest BCUT2D eigenvalue weighted by atomic mass is 10.1. The van der Waals surface area contributed by atoms with Crippen LogP contribution < -0.4 is 10.6 Å². The van der Waals surface area contributed by atoms with Crippen LogP contribution in [0.4, 0.5) is 5.69 Å². The molecule has 2 rings (SSSR count). The third-order valence-electron chi connectivity index (χ3n) is 3.62. The third-order valence-corrected chi connectivity index (χ3v) is 3.62. The van der Waals surface area contributed by atoms with Crippen LogP contribution in [0.25, 0.3) is 0 Å². The smallest absolute Gasteiger partial charge is 0.0992 e. The summed E-state index contributed by atoms with van der Waals surface area (Å²) < 4.78 is 0. The Morgan fingerprint density at radius 1 is 1.44 bits per heavy atom. The first kappa shape index (κ1) is 12.9. The fourth-order valence-corrected chi connectivity index (χ4v) is 2.46. The third kappa shape index (κ3) is 2.81. The van der Waals surface area contributed by atoms with Gasteiger partial charge < -0.3 is 10.6 Å². The lowest BCUT2D eigenvalue weighted by Gasteiger charge is -2.40. The minimum atomic E-state index is 0.509. The number of anilines is 1. The van der Waals surface area contributed by atoms with E-state index < -0.39 is 0 Å². The van der Waals surface area contributed by atoms with Crippen molar-refractivity contribution in [1.82, 2.24) is 4.90 Å². The minimum absolute atomic E-state index is 0.509. The standard InChI is InChI=1S/C14H20N4/c1-17-7-8-18(11-14(17)5-6-15)13-4-2-3-12(9-13)10-16/h2-4,9,14H,5-8,11,15H2,1H3. The normalized spacial score (nSPS) is 20.7. The number of hydrogen-bond donors (Lipinski definition) is 1. The van der Waals surface area contributed by atoms with E-state index in [4.69, 9.17) is 11.0 Å². The van der Waals surface area contributed by atoms with Crippen LogP contribution in [0.5, 0.6) is 0 Å². The topological polar surface area (TPSA) is 56.3 Å². The van der Waals surface area contributed by atoms with E-state index in [1.54, 1.807) is 0 Å². The Kier molecular flexibility index (Phi) is 4.19. The highest BCUT2D eigenvalue weighted by atomic mass is 15.3. The number of hydrogen-bond acceptors (Lipinski definition) is 4. The van der Waals surface area contributed by atoms with Crippen molar-refractivity contribution in [2.24, 2.45) is 5.73 Å². The van der Waals surface area contributed by atoms with Gasteiger partial charge in [-0.2, -0.15) is 5.26 Å². The van der Waals surface area contributed by atoms with Gasteiger partial charge >= 0.3 is 0 Å². The summed E-state index contributed by atoms with van der Waals surface area (Å²) in [6, 6.07) is 10.5. The maximum absolute atomic E-state index is 8.95. The number of piperazine rings is 1. The van der Waals surface area contributed by atoms with Crippen LogP contribution in [0.15, 0.2) is 24.3 Å². The largest absolute Gasteiger partial charge is 0.369 e. The van der Waals surface area contributed by atoms with Crippen molar-refractivity contribution in [3.63, 3.8) is 0 Å². The summed E-state index contributed by atoms with van der Waals surface area (Å²) in [6.07, 6.45) is 1.02. The van der Waals surface area contributed by atoms with Gasteiger partial charge in [0.1, 0.15) is 0 Å². The lowest BCUT2D eigenvalue weighted by molar-refractivity contribution is 0.210. The van der Waals surface area contributed by atoms with Crippen molar-refractivity contribution in [2.45, 2.75) is 12.5 Å². The van der Waals surface area contributed by atoms with Gasteiger partial charge in [-0.25, -0.2) is 0 Å². The zero-order chi connectivity index (χ0) is 13.0. The quantitative estimate of drug-likeness (QED) is 0.862. The van der Waals surface area contributed by atoms with Crippen LogP contribution in [-0.4, -0.2) is 44.2 Å². The molecule has 1 atom stereocenters. The number of nitriles is 1. The van der Waals surface area contributed by atoms with Gasteiger partial charge in [0.2, 0.25) is 0 Å². The summed E-state index contributed by atoms with van der Waals surface area (Å²) >= 11 is 0. The highest BCUT2D eigenvalue weighted by molar-refractivity contribution is 5.52. The van der Waals surface area contributed by atoms with Gasteiger partial charge in [0.25, 0.3) is 0 Å². The van der Waals surface area contributed by atoms with Gasteiger partial charge in [-0.3, -0.25) is 4.90 Å². The van der Waals surface area contributed by atoms with Crippen LogP contribution in [0.2, 0.25) is 0 Å². The molecule has 0 radical (unpaired) electrons. The first-order valence-corrected chi connectivity index (χ1v) is 6.40. The summed E-state index contributed by atoms with van der Waals surface area (Å²) in [5, 5.41) is 8.95. The van der Waals surface area contributed by atoms with Crippen molar-refractivity contribution in [2.75, 3.05) is 38.1 Å². The van der Waals surface area contributed by atoms with Crippen LogP contribution >= 0.6 is 0 Å². The minimum Gasteiger partial charge on any atom is -0.369 e. The zero-order valence-corrected chi connectivity index (χ0v) is 10.8. The SMILES string of the molecule is CN1CCN(c2cccc(C#N)c2)CC1CCN. The molecule has 1 aliphatic rings. The van der Waals surface area contributed by atoms with E-state index in [9.17, 15) is 0 Å². The molecule has 4 heteroatoms. The fourth-order valence-electron chi connectivity index (χ4n) is 2.46. The van der Waals surface area contributed by atoms with Gasteiger partial charge in [-0.05, 0) is 38.2 Å². The maximum Gasteiger partial charge on any atom is 0.0992 e. The molecule has 0 aromatic heterocycles. The average molecular weight is 244 g/mol. The molecule has 2 N–H and O–H groups in total. The van der Waals surface area contributed by atoms with E-state index in [-0.39, 0.29) is 0 Å². The monoisotopic (exact) mass is 244 g/mol. The predicted molar refractivity (Wildman–Crippen MR) is 73.5 cm³/mol. The fraction of sp³-hybridized carbons (Fsp3) is 0.500. The molecule has 0 aliphatic carbocycles. The molecule has 96 valence electrons. The molecule has 0 amide bonds. The molecule has 1 unspecified atom stereocenters. The molecule has 0 saturated carbocycles. The highest BCUT2D eigenvalue weighted by Gasteiger charge is 2.23. The Balaban J connectivity index is 2.11. The number of benzene rings is 1. The second-order valence-corrected chi connectivity index (χ2v) is 4.82. The Labute approximate surface area is 109 Å². The maximum atomic E-state index is 8.95. The number of likely N-dealkylation sites (N-methyl/N-ethyl adjacent to an activating group) is 1. The molecule has 1 fully saturated rings. The zero-order valence-electron chi connectivity index (χ0n) is 10.8. The molecule has 0 bridgehead atoms. The van der Waals surface area contributed by atoms with E-state index in [2.05, 4.69) is 29.0 Å². The summed E-state index contributed by atoms with van der Waals surface area (Å²) in [7, 11) is 2.16. The molecular formula is C14H20N4. The molecule has 1 aromatic carbocycles. The van der Waals surface area contributed by atoms with E-state index in [1.807, 2.05) is 18.2 Å². The predicted octanol–water partition coefficient (Wildman–Crippen LogP) is 1.03. The Morgan fingerprint density at radius 2 is 2.28 bits per heavy atom. The molecule has 4 nitrogen and oxygen atoms in total. The molecule has 18 heavy (non-hydrogen) atoms. The Bertz CT molecular complexity index is 438. The van der Waals surface area contributed by atoms with Gasteiger partial charge in [0.05, 0.1) is 11.6 Å². The van der Waals surface area contributed by atoms with E-state index in [0.717, 1.165) is 43.9 Å². The van der Waals surface area contributed by atoms with E-state index in [1.165, 1.54) is 0 Å². The first-order valence-electron chi connectivity index (χ1n) is 6.40. The van der Waals surface area contributed by atoms with Crippen LogP contribution in [0.1, 0.15) is 12.0 Å². The Hall–Kier alpha value is -1.57.